The lowest BCUT2D eigenvalue weighted by molar-refractivity contribution is 1.10. The van der Waals surface area contributed by atoms with Crippen molar-refractivity contribution in [1.82, 2.24) is 0 Å². The molecule has 1 saturated carbocycles. The predicted octanol–water partition coefficient (Wildman–Crippen LogP) is 5.59. The van der Waals surface area contributed by atoms with Crippen LogP contribution in [0.2, 0.25) is 5.02 Å². The Morgan fingerprint density at radius 1 is 1.11 bits per heavy atom. The molecule has 1 aliphatic rings. The van der Waals surface area contributed by atoms with Gasteiger partial charge in [0, 0.05) is 6.54 Å². The van der Waals surface area contributed by atoms with E-state index in [0.717, 1.165) is 27.6 Å². The Morgan fingerprint density at radius 3 is 2.53 bits per heavy atom. The van der Waals surface area contributed by atoms with Crippen LogP contribution < -0.4 is 5.32 Å². The van der Waals surface area contributed by atoms with E-state index in [2.05, 4.69) is 45.5 Å². The summed E-state index contributed by atoms with van der Waals surface area (Å²) < 4.78 is 0.922. The molecule has 0 atom stereocenters. The van der Waals surface area contributed by atoms with Gasteiger partial charge in [-0.3, -0.25) is 0 Å². The van der Waals surface area contributed by atoms with Crippen molar-refractivity contribution in [1.29, 1.82) is 0 Å². The molecule has 1 N–H and O–H groups in total. The van der Waals surface area contributed by atoms with Gasteiger partial charge in [0.2, 0.25) is 0 Å². The van der Waals surface area contributed by atoms with Crippen molar-refractivity contribution < 1.29 is 0 Å². The molecule has 2 aromatic carbocycles. The van der Waals surface area contributed by atoms with E-state index in [1.54, 1.807) is 0 Å². The van der Waals surface area contributed by atoms with E-state index in [-0.39, 0.29) is 0 Å². The third kappa shape index (κ3) is 3.13. The maximum Gasteiger partial charge on any atom is 0.0593 e. The van der Waals surface area contributed by atoms with Gasteiger partial charge in [0.25, 0.3) is 0 Å². The number of nitrogens with one attached hydrogen (secondary N) is 1. The first-order chi connectivity index (χ1) is 9.24. The van der Waals surface area contributed by atoms with Crippen LogP contribution in [-0.2, 0) is 6.54 Å². The maximum absolute atomic E-state index is 6.07. The number of hydrogen-bond acceptors (Lipinski definition) is 1. The topological polar surface area (TPSA) is 12.0 Å². The molecule has 0 heterocycles. The minimum absolute atomic E-state index is 0.731. The van der Waals surface area contributed by atoms with Gasteiger partial charge in [-0.25, -0.2) is 0 Å². The second-order valence-corrected chi connectivity index (χ2v) is 6.17. The summed E-state index contributed by atoms with van der Waals surface area (Å²) in [5.41, 5.74) is 3.79. The van der Waals surface area contributed by atoms with Crippen molar-refractivity contribution in [3.63, 3.8) is 0 Å². The van der Waals surface area contributed by atoms with Crippen LogP contribution in [0, 0.1) is 0 Å². The number of halogens is 2. The highest BCUT2D eigenvalue weighted by Gasteiger charge is 2.22. The molecule has 0 bridgehead atoms. The van der Waals surface area contributed by atoms with Crippen LogP contribution in [0.3, 0.4) is 0 Å². The summed E-state index contributed by atoms with van der Waals surface area (Å²) in [6.07, 6.45) is 2.71. The zero-order valence-corrected chi connectivity index (χ0v) is 12.8. The highest BCUT2D eigenvalue weighted by atomic mass is 79.9. The zero-order chi connectivity index (χ0) is 13.2. The molecule has 0 radical (unpaired) electrons. The normalized spacial score (nSPS) is 14.4. The van der Waals surface area contributed by atoms with Crippen molar-refractivity contribution >= 4 is 33.2 Å². The van der Waals surface area contributed by atoms with Crippen LogP contribution in [0.1, 0.15) is 29.9 Å². The standard InChI is InChI=1S/C16H15BrClN/c17-16-14(18)2-1-3-15(16)19-10-11-4-6-12(7-5-11)13-8-9-13/h1-7,13,19H,8-10H2. The minimum atomic E-state index is 0.731. The summed E-state index contributed by atoms with van der Waals surface area (Å²) in [6.45, 7) is 0.809. The maximum atomic E-state index is 6.07. The summed E-state index contributed by atoms with van der Waals surface area (Å²) in [7, 11) is 0. The molecule has 98 valence electrons. The number of benzene rings is 2. The Morgan fingerprint density at radius 2 is 1.84 bits per heavy atom. The quantitative estimate of drug-likeness (QED) is 0.767. The Bertz CT molecular complexity index is 576. The van der Waals surface area contributed by atoms with Crippen LogP contribution in [-0.4, -0.2) is 0 Å². The molecule has 0 saturated heterocycles. The lowest BCUT2D eigenvalue weighted by atomic mass is 10.1. The highest BCUT2D eigenvalue weighted by molar-refractivity contribution is 9.10. The van der Waals surface area contributed by atoms with Gasteiger partial charge in [-0.15, -0.1) is 0 Å². The zero-order valence-electron chi connectivity index (χ0n) is 10.5. The van der Waals surface area contributed by atoms with Crippen LogP contribution in [0.4, 0.5) is 5.69 Å². The minimum Gasteiger partial charge on any atom is -0.380 e. The Kier molecular flexibility index (Phi) is 3.81. The van der Waals surface area contributed by atoms with E-state index >= 15 is 0 Å². The van der Waals surface area contributed by atoms with Crippen LogP contribution in [0.25, 0.3) is 0 Å². The molecular formula is C16H15BrClN. The molecule has 1 nitrogen and oxygen atoms in total. The molecule has 19 heavy (non-hydrogen) atoms. The van der Waals surface area contributed by atoms with E-state index < -0.39 is 0 Å². The first kappa shape index (κ1) is 13.0. The second kappa shape index (κ2) is 5.56. The molecule has 0 aromatic heterocycles. The molecule has 0 unspecified atom stereocenters. The fourth-order valence-corrected chi connectivity index (χ4v) is 2.74. The van der Waals surface area contributed by atoms with E-state index in [1.807, 2.05) is 18.2 Å². The molecule has 0 aliphatic heterocycles. The van der Waals surface area contributed by atoms with Crippen molar-refractivity contribution in [2.24, 2.45) is 0 Å². The van der Waals surface area contributed by atoms with E-state index in [1.165, 1.54) is 24.0 Å². The molecule has 1 aliphatic carbocycles. The third-order valence-electron chi connectivity index (χ3n) is 3.46. The first-order valence-corrected chi connectivity index (χ1v) is 7.68. The summed E-state index contributed by atoms with van der Waals surface area (Å²) in [5, 5.41) is 4.13. The predicted molar refractivity (Wildman–Crippen MR) is 84.9 cm³/mol. The van der Waals surface area contributed by atoms with Gasteiger partial charge in [-0.05, 0) is 57.9 Å². The van der Waals surface area contributed by atoms with Crippen LogP contribution in [0.5, 0.6) is 0 Å². The summed E-state index contributed by atoms with van der Waals surface area (Å²) in [5.74, 6) is 0.823. The summed E-state index contributed by atoms with van der Waals surface area (Å²) in [6, 6.07) is 14.8. The molecule has 0 amide bonds. The van der Waals surface area contributed by atoms with Gasteiger partial charge in [-0.1, -0.05) is 41.9 Å². The summed E-state index contributed by atoms with van der Waals surface area (Å²) in [4.78, 5) is 0. The Labute approximate surface area is 127 Å². The average molecular weight is 337 g/mol. The Hall–Kier alpha value is -0.990. The fraction of sp³-hybridized carbons (Fsp3) is 0.250. The van der Waals surface area contributed by atoms with Gasteiger partial charge in [-0.2, -0.15) is 0 Å². The monoisotopic (exact) mass is 335 g/mol. The smallest absolute Gasteiger partial charge is 0.0593 e. The van der Waals surface area contributed by atoms with Crippen molar-refractivity contribution in [3.05, 3.63) is 63.1 Å². The van der Waals surface area contributed by atoms with E-state index in [0.29, 0.717) is 0 Å². The van der Waals surface area contributed by atoms with Gasteiger partial charge >= 0.3 is 0 Å². The molecule has 0 spiro atoms. The molecule has 3 heteroatoms. The van der Waals surface area contributed by atoms with Gasteiger partial charge in [0.1, 0.15) is 0 Å². The molecule has 1 fully saturated rings. The highest BCUT2D eigenvalue weighted by Crippen LogP contribution is 2.40. The number of rotatable bonds is 4. The first-order valence-electron chi connectivity index (χ1n) is 6.51. The van der Waals surface area contributed by atoms with Gasteiger partial charge in [0.15, 0.2) is 0 Å². The van der Waals surface area contributed by atoms with Gasteiger partial charge in [0.05, 0.1) is 15.2 Å². The van der Waals surface area contributed by atoms with Crippen molar-refractivity contribution in [2.45, 2.75) is 25.3 Å². The third-order valence-corrected chi connectivity index (χ3v) is 4.86. The van der Waals surface area contributed by atoms with Gasteiger partial charge < -0.3 is 5.32 Å². The fourth-order valence-electron chi connectivity index (χ4n) is 2.16. The lowest BCUT2D eigenvalue weighted by Gasteiger charge is -2.10. The van der Waals surface area contributed by atoms with Crippen LogP contribution >= 0.6 is 27.5 Å². The van der Waals surface area contributed by atoms with E-state index in [4.69, 9.17) is 11.6 Å². The lowest BCUT2D eigenvalue weighted by Crippen LogP contribution is -2.00. The molecular weight excluding hydrogens is 322 g/mol. The Balaban J connectivity index is 1.66. The van der Waals surface area contributed by atoms with E-state index in [9.17, 15) is 0 Å². The number of anilines is 1. The number of hydrogen-bond donors (Lipinski definition) is 1. The molecule has 2 aromatic rings. The van der Waals surface area contributed by atoms with Crippen LogP contribution in [0.15, 0.2) is 46.9 Å². The molecule has 3 rings (SSSR count). The second-order valence-electron chi connectivity index (χ2n) is 4.97. The SMILES string of the molecule is Clc1cccc(NCc2ccc(C3CC3)cc2)c1Br. The summed E-state index contributed by atoms with van der Waals surface area (Å²) >= 11 is 9.57. The van der Waals surface area contributed by atoms with Crippen molar-refractivity contribution in [3.8, 4) is 0 Å². The van der Waals surface area contributed by atoms with Crippen molar-refractivity contribution in [2.75, 3.05) is 5.32 Å². The average Bonchev–Trinajstić information content (AvgIpc) is 3.26. The largest absolute Gasteiger partial charge is 0.380 e.